The van der Waals surface area contributed by atoms with Crippen molar-refractivity contribution in [1.82, 2.24) is 10.6 Å². The number of rotatable bonds is 12. The van der Waals surface area contributed by atoms with Crippen molar-refractivity contribution < 1.29 is 19.1 Å². The van der Waals surface area contributed by atoms with Crippen LogP contribution in [0.5, 0.6) is 0 Å². The Kier molecular flexibility index (Phi) is 12.0. The summed E-state index contributed by atoms with van der Waals surface area (Å²) in [6.07, 6.45) is 1.63. The molecule has 2 unspecified atom stereocenters. The number of unbranched alkanes of at least 4 members (excludes halogenated alkanes) is 1. The number of carbonyl (C=O) groups is 3. The van der Waals surface area contributed by atoms with E-state index in [0.29, 0.717) is 36.5 Å². The first-order valence-electron chi connectivity index (χ1n) is 11.7. The molecule has 2 atom stereocenters. The first-order chi connectivity index (χ1) is 17.7. The maximum Gasteiger partial charge on any atom is 0.360 e. The molecule has 12 heteroatoms. The minimum Gasteiger partial charge on any atom is -0.467 e. The van der Waals surface area contributed by atoms with Crippen LogP contribution in [0.15, 0.2) is 63.8 Å². The molecule has 0 saturated carbocycles. The van der Waals surface area contributed by atoms with E-state index in [1.165, 1.54) is 7.11 Å². The van der Waals surface area contributed by atoms with Gasteiger partial charge in [-0.05, 0) is 49.4 Å². The largest absolute Gasteiger partial charge is 0.467 e. The Hall–Kier alpha value is -3.99. The second-order valence-electron chi connectivity index (χ2n) is 8.21. The summed E-state index contributed by atoms with van der Waals surface area (Å²) in [5, 5.41) is 13.3. The fourth-order valence-corrected chi connectivity index (χ4v) is 3.49. The SMILES string of the molecule is COC(=O)C(CCCCN=C(N)N)NC(=O)C(Cc1ccccc1)NC(=O)N=Nc1ccc(C)c(Cl)c1. The Bertz CT molecular complexity index is 1120. The van der Waals surface area contributed by atoms with E-state index in [-0.39, 0.29) is 12.4 Å². The minimum atomic E-state index is -1.02. The Morgan fingerprint density at radius 1 is 1.03 bits per heavy atom. The van der Waals surface area contributed by atoms with Crippen molar-refractivity contribution >= 4 is 41.2 Å². The van der Waals surface area contributed by atoms with Gasteiger partial charge in [0.15, 0.2) is 5.96 Å². The summed E-state index contributed by atoms with van der Waals surface area (Å²) >= 11 is 6.09. The first-order valence-corrected chi connectivity index (χ1v) is 12.0. The summed E-state index contributed by atoms with van der Waals surface area (Å²) < 4.78 is 4.84. The number of methoxy groups -OCH3 is 1. The number of urea groups is 1. The van der Waals surface area contributed by atoms with Gasteiger partial charge in [0.25, 0.3) is 0 Å². The lowest BCUT2D eigenvalue weighted by Gasteiger charge is -2.21. The Morgan fingerprint density at radius 3 is 2.41 bits per heavy atom. The standard InChI is InChI=1S/C25H32ClN7O4/c1-16-11-12-18(15-19(16)26)32-33-25(36)31-21(14-17-8-4-3-5-9-17)22(34)30-20(23(35)37-2)10-6-7-13-29-24(27)28/h3-5,8-9,11-12,15,20-21H,6-7,10,13-14H2,1-2H3,(H,30,34)(H,31,36)(H4,27,28,29). The molecule has 0 aliphatic carbocycles. The summed E-state index contributed by atoms with van der Waals surface area (Å²) in [7, 11) is 1.24. The highest BCUT2D eigenvalue weighted by atomic mass is 35.5. The van der Waals surface area contributed by atoms with Crippen LogP contribution in [0, 0.1) is 6.92 Å². The van der Waals surface area contributed by atoms with Crippen LogP contribution in [-0.4, -0.2) is 49.6 Å². The molecule has 2 aromatic carbocycles. The molecule has 0 bridgehead atoms. The summed E-state index contributed by atoms with van der Waals surface area (Å²) in [5.74, 6) is -1.18. The quantitative estimate of drug-likeness (QED) is 0.108. The van der Waals surface area contributed by atoms with Crippen LogP contribution in [0.2, 0.25) is 5.02 Å². The molecule has 0 saturated heterocycles. The summed E-state index contributed by atoms with van der Waals surface area (Å²) in [6, 6.07) is 11.4. The molecule has 198 valence electrons. The monoisotopic (exact) mass is 529 g/mol. The summed E-state index contributed by atoms with van der Waals surface area (Å²) in [4.78, 5) is 41.9. The van der Waals surface area contributed by atoms with E-state index in [1.807, 2.05) is 37.3 Å². The van der Waals surface area contributed by atoms with Gasteiger partial charge in [-0.1, -0.05) is 53.1 Å². The number of aryl methyl sites for hydroxylation is 1. The Balaban J connectivity index is 2.11. The van der Waals surface area contributed by atoms with Crippen molar-refractivity contribution in [3.8, 4) is 0 Å². The van der Waals surface area contributed by atoms with Crippen LogP contribution in [0.25, 0.3) is 0 Å². The van der Waals surface area contributed by atoms with Crippen molar-refractivity contribution in [3.05, 3.63) is 64.7 Å². The van der Waals surface area contributed by atoms with Crippen molar-refractivity contribution in [2.45, 2.75) is 44.7 Å². The van der Waals surface area contributed by atoms with Gasteiger partial charge in [0.05, 0.1) is 12.8 Å². The average molecular weight is 530 g/mol. The maximum atomic E-state index is 13.2. The van der Waals surface area contributed by atoms with Crippen LogP contribution in [0.4, 0.5) is 10.5 Å². The molecule has 0 aromatic heterocycles. The number of benzene rings is 2. The van der Waals surface area contributed by atoms with E-state index in [9.17, 15) is 14.4 Å². The number of hydrogen-bond donors (Lipinski definition) is 4. The number of guanidine groups is 1. The number of amides is 3. The molecular formula is C25H32ClN7O4. The third-order valence-electron chi connectivity index (χ3n) is 5.31. The maximum absolute atomic E-state index is 13.2. The molecule has 11 nitrogen and oxygen atoms in total. The number of carbonyl (C=O) groups excluding carboxylic acids is 3. The smallest absolute Gasteiger partial charge is 0.360 e. The Labute approximate surface area is 220 Å². The number of nitrogens with two attached hydrogens (primary N) is 2. The van der Waals surface area contributed by atoms with Crippen molar-refractivity contribution in [2.75, 3.05) is 13.7 Å². The van der Waals surface area contributed by atoms with Gasteiger partial charge in [0, 0.05) is 18.0 Å². The zero-order valence-electron chi connectivity index (χ0n) is 20.8. The second-order valence-corrected chi connectivity index (χ2v) is 8.62. The molecule has 0 fully saturated rings. The van der Waals surface area contributed by atoms with Crippen LogP contribution in [0.3, 0.4) is 0 Å². The van der Waals surface area contributed by atoms with Crippen molar-refractivity contribution in [3.63, 3.8) is 0 Å². The number of aliphatic imine (C=N–C) groups is 1. The zero-order chi connectivity index (χ0) is 27.2. The fourth-order valence-electron chi connectivity index (χ4n) is 3.32. The van der Waals surface area contributed by atoms with E-state index in [2.05, 4.69) is 25.9 Å². The number of esters is 1. The topological polar surface area (TPSA) is 174 Å². The van der Waals surface area contributed by atoms with Gasteiger partial charge in [-0.2, -0.15) is 0 Å². The number of ether oxygens (including phenoxy) is 1. The molecule has 0 radical (unpaired) electrons. The first kappa shape index (κ1) is 29.2. The highest BCUT2D eigenvalue weighted by Gasteiger charge is 2.27. The van der Waals surface area contributed by atoms with Crippen molar-refractivity contribution in [2.24, 2.45) is 26.7 Å². The highest BCUT2D eigenvalue weighted by Crippen LogP contribution is 2.22. The van der Waals surface area contributed by atoms with Gasteiger partial charge in [-0.15, -0.1) is 5.11 Å². The predicted molar refractivity (Wildman–Crippen MR) is 142 cm³/mol. The molecule has 2 rings (SSSR count). The predicted octanol–water partition coefficient (Wildman–Crippen LogP) is 3.15. The van der Waals surface area contributed by atoms with Crippen LogP contribution in [-0.2, 0) is 20.7 Å². The number of hydrogen-bond acceptors (Lipinski definition) is 6. The second kappa shape index (κ2) is 15.2. The molecule has 0 aliphatic rings. The molecule has 0 heterocycles. The van der Waals surface area contributed by atoms with E-state index >= 15 is 0 Å². The van der Waals surface area contributed by atoms with E-state index in [0.717, 1.165) is 11.1 Å². The average Bonchev–Trinajstić information content (AvgIpc) is 2.88. The lowest BCUT2D eigenvalue weighted by molar-refractivity contribution is -0.145. The number of azo groups is 1. The molecule has 37 heavy (non-hydrogen) atoms. The third-order valence-corrected chi connectivity index (χ3v) is 5.71. The minimum absolute atomic E-state index is 0.0139. The molecule has 6 N–H and O–H groups in total. The number of nitrogens with one attached hydrogen (secondary N) is 2. The van der Waals surface area contributed by atoms with Gasteiger partial charge in [0.1, 0.15) is 12.1 Å². The highest BCUT2D eigenvalue weighted by molar-refractivity contribution is 6.31. The van der Waals surface area contributed by atoms with Gasteiger partial charge in [-0.25, -0.2) is 9.59 Å². The number of nitrogens with zero attached hydrogens (tertiary/aromatic N) is 3. The third kappa shape index (κ3) is 10.7. The Morgan fingerprint density at radius 2 is 1.76 bits per heavy atom. The van der Waals surface area contributed by atoms with Gasteiger partial charge < -0.3 is 26.8 Å². The molecule has 2 aromatic rings. The van der Waals surface area contributed by atoms with Gasteiger partial charge >= 0.3 is 12.0 Å². The molecular weight excluding hydrogens is 498 g/mol. The molecule has 0 spiro atoms. The molecule has 3 amide bonds. The lowest BCUT2D eigenvalue weighted by Crippen LogP contribution is -2.52. The lowest BCUT2D eigenvalue weighted by atomic mass is 10.0. The number of halogens is 1. The normalized spacial score (nSPS) is 12.4. The van der Waals surface area contributed by atoms with Crippen LogP contribution < -0.4 is 22.1 Å². The van der Waals surface area contributed by atoms with Crippen LogP contribution in [0.1, 0.15) is 30.4 Å². The van der Waals surface area contributed by atoms with E-state index < -0.39 is 30.0 Å². The van der Waals surface area contributed by atoms with Gasteiger partial charge in [0.2, 0.25) is 5.91 Å². The van der Waals surface area contributed by atoms with E-state index in [1.54, 1.807) is 18.2 Å². The summed E-state index contributed by atoms with van der Waals surface area (Å²) in [5.41, 5.74) is 12.7. The van der Waals surface area contributed by atoms with Crippen LogP contribution >= 0.6 is 11.6 Å². The molecule has 0 aliphatic heterocycles. The van der Waals surface area contributed by atoms with E-state index in [4.69, 9.17) is 27.8 Å². The fraction of sp³-hybridized carbons (Fsp3) is 0.360. The summed E-state index contributed by atoms with van der Waals surface area (Å²) in [6.45, 7) is 2.24. The van der Waals surface area contributed by atoms with Crippen molar-refractivity contribution in [1.29, 1.82) is 0 Å². The zero-order valence-corrected chi connectivity index (χ0v) is 21.6. The van der Waals surface area contributed by atoms with Gasteiger partial charge in [-0.3, -0.25) is 9.79 Å².